The molecule has 0 radical (unpaired) electrons. The van der Waals surface area contributed by atoms with Crippen LogP contribution in [0.4, 0.5) is 0 Å². The molecular weight excluding hydrogens is 343 g/mol. The summed E-state index contributed by atoms with van der Waals surface area (Å²) in [6, 6.07) is 0. The van der Waals surface area contributed by atoms with Crippen molar-refractivity contribution in [2.24, 2.45) is 16.8 Å². The Labute approximate surface area is 127 Å². The van der Waals surface area contributed by atoms with Gasteiger partial charge in [-0.2, -0.15) is 0 Å². The second-order valence-electron chi connectivity index (χ2n) is 4.77. The summed E-state index contributed by atoms with van der Waals surface area (Å²) in [5.74, 6) is 1.78. The van der Waals surface area contributed by atoms with Gasteiger partial charge >= 0.3 is 0 Å². The number of hydrogen-bond donors (Lipinski definition) is 3. The van der Waals surface area contributed by atoms with Crippen LogP contribution in [0.3, 0.4) is 0 Å². The molecule has 0 bridgehead atoms. The van der Waals surface area contributed by atoms with Crippen molar-refractivity contribution in [1.29, 1.82) is 0 Å². The van der Waals surface area contributed by atoms with Gasteiger partial charge in [0.05, 0.1) is 0 Å². The summed E-state index contributed by atoms with van der Waals surface area (Å²) in [5, 5.41) is 9.29. The van der Waals surface area contributed by atoms with Crippen molar-refractivity contribution in [1.82, 2.24) is 16.0 Å². The van der Waals surface area contributed by atoms with Crippen molar-refractivity contribution < 1.29 is 4.79 Å². The van der Waals surface area contributed by atoms with Gasteiger partial charge in [-0.25, -0.2) is 0 Å². The normalized spacial score (nSPS) is 15.0. The van der Waals surface area contributed by atoms with E-state index in [2.05, 4.69) is 20.9 Å². The number of rotatable bonds is 6. The van der Waals surface area contributed by atoms with Crippen LogP contribution in [0.2, 0.25) is 0 Å². The van der Waals surface area contributed by atoms with E-state index in [1.807, 2.05) is 13.8 Å². The summed E-state index contributed by atoms with van der Waals surface area (Å²) >= 11 is 0. The third-order valence-electron chi connectivity index (χ3n) is 2.72. The lowest BCUT2D eigenvalue weighted by atomic mass is 10.2. The van der Waals surface area contributed by atoms with Gasteiger partial charge in [0.1, 0.15) is 0 Å². The van der Waals surface area contributed by atoms with Gasteiger partial charge in [0, 0.05) is 32.6 Å². The smallest absolute Gasteiger partial charge is 0.222 e. The first-order valence-corrected chi connectivity index (χ1v) is 6.35. The number of amides is 1. The van der Waals surface area contributed by atoms with Gasteiger partial charge in [-0.3, -0.25) is 9.79 Å². The van der Waals surface area contributed by atoms with Crippen molar-refractivity contribution in [2.75, 3.05) is 26.7 Å². The first-order chi connectivity index (χ1) is 8.13. The van der Waals surface area contributed by atoms with Gasteiger partial charge in [-0.1, -0.05) is 13.8 Å². The Morgan fingerprint density at radius 3 is 2.33 bits per heavy atom. The van der Waals surface area contributed by atoms with Crippen LogP contribution in [0.15, 0.2) is 4.99 Å². The Morgan fingerprint density at radius 2 is 1.83 bits per heavy atom. The number of aliphatic imine (C=N–C) groups is 1. The molecule has 0 aromatic carbocycles. The third kappa shape index (κ3) is 7.73. The van der Waals surface area contributed by atoms with E-state index in [9.17, 15) is 4.79 Å². The second-order valence-corrected chi connectivity index (χ2v) is 4.77. The molecule has 1 aliphatic carbocycles. The van der Waals surface area contributed by atoms with Gasteiger partial charge in [0.25, 0.3) is 0 Å². The molecule has 0 spiro atoms. The third-order valence-corrected chi connectivity index (χ3v) is 2.72. The number of nitrogens with zero attached hydrogens (tertiary/aromatic N) is 1. The molecule has 0 aromatic heterocycles. The molecule has 5 nitrogen and oxygen atoms in total. The maximum absolute atomic E-state index is 11.3. The molecule has 3 N–H and O–H groups in total. The minimum absolute atomic E-state index is 0. The van der Waals surface area contributed by atoms with Crippen LogP contribution < -0.4 is 16.0 Å². The molecule has 1 rings (SSSR count). The highest BCUT2D eigenvalue weighted by Crippen LogP contribution is 2.27. The Kier molecular flexibility index (Phi) is 9.13. The zero-order chi connectivity index (χ0) is 12.7. The SMILES string of the molecule is CN=C(NCCNC(=O)C(C)C)NCC1CC1.I. The molecule has 0 saturated heterocycles. The molecule has 0 aliphatic heterocycles. The molecule has 1 fully saturated rings. The fourth-order valence-electron chi connectivity index (χ4n) is 1.35. The molecule has 1 saturated carbocycles. The molecule has 6 heteroatoms. The van der Waals surface area contributed by atoms with E-state index in [1.54, 1.807) is 7.05 Å². The van der Waals surface area contributed by atoms with Crippen LogP contribution in [0.5, 0.6) is 0 Å². The molecule has 0 heterocycles. The predicted octanol–water partition coefficient (Wildman–Crippen LogP) is 0.952. The summed E-state index contributed by atoms with van der Waals surface area (Å²) < 4.78 is 0. The lowest BCUT2D eigenvalue weighted by Crippen LogP contribution is -2.42. The average molecular weight is 368 g/mol. The monoisotopic (exact) mass is 368 g/mol. The highest BCUT2D eigenvalue weighted by molar-refractivity contribution is 14.0. The lowest BCUT2D eigenvalue weighted by molar-refractivity contribution is -0.123. The molecule has 0 aromatic rings. The van der Waals surface area contributed by atoms with Crippen molar-refractivity contribution in [3.05, 3.63) is 0 Å². The van der Waals surface area contributed by atoms with E-state index in [0.29, 0.717) is 13.1 Å². The Morgan fingerprint density at radius 1 is 1.22 bits per heavy atom. The van der Waals surface area contributed by atoms with E-state index in [0.717, 1.165) is 18.4 Å². The van der Waals surface area contributed by atoms with Crippen LogP contribution >= 0.6 is 24.0 Å². The number of nitrogens with one attached hydrogen (secondary N) is 3. The van der Waals surface area contributed by atoms with Crippen molar-refractivity contribution in [2.45, 2.75) is 26.7 Å². The number of hydrogen-bond acceptors (Lipinski definition) is 2. The molecule has 0 unspecified atom stereocenters. The molecule has 18 heavy (non-hydrogen) atoms. The minimum Gasteiger partial charge on any atom is -0.356 e. The van der Waals surface area contributed by atoms with Crippen molar-refractivity contribution in [3.8, 4) is 0 Å². The number of carbonyl (C=O) groups excluding carboxylic acids is 1. The Hall–Kier alpha value is -0.530. The topological polar surface area (TPSA) is 65.5 Å². The fourth-order valence-corrected chi connectivity index (χ4v) is 1.35. The Bertz CT molecular complexity index is 277. The summed E-state index contributed by atoms with van der Waals surface area (Å²) in [6.45, 7) is 6.10. The zero-order valence-electron chi connectivity index (χ0n) is 11.5. The Balaban J connectivity index is 0.00000289. The van der Waals surface area contributed by atoms with Gasteiger partial charge < -0.3 is 16.0 Å². The van der Waals surface area contributed by atoms with Crippen LogP contribution in [0, 0.1) is 11.8 Å². The fraction of sp³-hybridized carbons (Fsp3) is 0.833. The average Bonchev–Trinajstić information content (AvgIpc) is 3.11. The van der Waals surface area contributed by atoms with E-state index in [-0.39, 0.29) is 35.8 Å². The van der Waals surface area contributed by atoms with Gasteiger partial charge in [-0.15, -0.1) is 24.0 Å². The largest absolute Gasteiger partial charge is 0.356 e. The summed E-state index contributed by atoms with van der Waals surface area (Å²) in [5.41, 5.74) is 0. The molecular formula is C12H25IN4O. The maximum Gasteiger partial charge on any atom is 0.222 e. The van der Waals surface area contributed by atoms with Gasteiger partial charge in [0.15, 0.2) is 5.96 Å². The summed E-state index contributed by atoms with van der Waals surface area (Å²) in [7, 11) is 1.76. The minimum atomic E-state index is 0. The van der Waals surface area contributed by atoms with Crippen molar-refractivity contribution >= 4 is 35.8 Å². The van der Waals surface area contributed by atoms with E-state index in [4.69, 9.17) is 0 Å². The molecule has 106 valence electrons. The predicted molar refractivity (Wildman–Crippen MR) is 85.4 cm³/mol. The highest BCUT2D eigenvalue weighted by Gasteiger charge is 2.20. The molecule has 1 amide bonds. The molecule has 0 atom stereocenters. The summed E-state index contributed by atoms with van der Waals surface area (Å²) in [4.78, 5) is 15.4. The van der Waals surface area contributed by atoms with Gasteiger partial charge in [0.2, 0.25) is 5.91 Å². The number of guanidine groups is 1. The maximum atomic E-state index is 11.3. The van der Waals surface area contributed by atoms with Crippen LogP contribution in [-0.2, 0) is 4.79 Å². The standard InChI is InChI=1S/C12H24N4O.HI/c1-9(2)11(17)14-6-7-15-12(13-3)16-8-10-4-5-10;/h9-10H,4-8H2,1-3H3,(H,14,17)(H2,13,15,16);1H. The second kappa shape index (κ2) is 9.41. The highest BCUT2D eigenvalue weighted by atomic mass is 127. The van der Waals surface area contributed by atoms with Crippen LogP contribution in [0.25, 0.3) is 0 Å². The van der Waals surface area contributed by atoms with E-state index < -0.39 is 0 Å². The van der Waals surface area contributed by atoms with Gasteiger partial charge in [-0.05, 0) is 18.8 Å². The van der Waals surface area contributed by atoms with Crippen LogP contribution in [-0.4, -0.2) is 38.5 Å². The van der Waals surface area contributed by atoms with E-state index in [1.165, 1.54) is 12.8 Å². The number of carbonyl (C=O) groups is 1. The first kappa shape index (κ1) is 17.5. The quantitative estimate of drug-likeness (QED) is 0.283. The summed E-state index contributed by atoms with van der Waals surface area (Å²) in [6.07, 6.45) is 2.66. The van der Waals surface area contributed by atoms with E-state index >= 15 is 0 Å². The first-order valence-electron chi connectivity index (χ1n) is 6.35. The van der Waals surface area contributed by atoms with Crippen LogP contribution in [0.1, 0.15) is 26.7 Å². The molecule has 1 aliphatic rings. The number of halogens is 1. The van der Waals surface area contributed by atoms with Crippen molar-refractivity contribution in [3.63, 3.8) is 0 Å². The lowest BCUT2D eigenvalue weighted by Gasteiger charge is -2.12. The zero-order valence-corrected chi connectivity index (χ0v) is 13.8.